The van der Waals surface area contributed by atoms with Gasteiger partial charge in [0.05, 0.1) is 19.3 Å². The zero-order valence-electron chi connectivity index (χ0n) is 10.3. The third-order valence-corrected chi connectivity index (χ3v) is 3.57. The van der Waals surface area contributed by atoms with E-state index in [-0.39, 0.29) is 24.4 Å². The number of amides is 2. The second-order valence-electron chi connectivity index (χ2n) is 4.76. The van der Waals surface area contributed by atoms with Crippen molar-refractivity contribution >= 4 is 11.8 Å². The molecule has 2 fully saturated rings. The van der Waals surface area contributed by atoms with Crippen LogP contribution in [0.1, 0.15) is 32.6 Å². The van der Waals surface area contributed by atoms with Crippen molar-refractivity contribution in [2.45, 2.75) is 44.8 Å². The summed E-state index contributed by atoms with van der Waals surface area (Å²) in [5, 5.41) is 2.57. The molecule has 1 N–H and O–H groups in total. The van der Waals surface area contributed by atoms with Gasteiger partial charge in [-0.2, -0.15) is 0 Å². The summed E-state index contributed by atoms with van der Waals surface area (Å²) in [4.78, 5) is 24.7. The van der Waals surface area contributed by atoms with Crippen molar-refractivity contribution < 1.29 is 14.3 Å². The number of piperazine rings is 1. The number of nitrogens with one attached hydrogen (secondary N) is 1. The second-order valence-corrected chi connectivity index (χ2v) is 4.76. The number of rotatable bonds is 4. The van der Waals surface area contributed by atoms with Crippen LogP contribution in [-0.4, -0.2) is 48.6 Å². The summed E-state index contributed by atoms with van der Waals surface area (Å²) in [6.45, 7) is 2.92. The van der Waals surface area contributed by atoms with Gasteiger partial charge in [0.25, 0.3) is 0 Å². The summed E-state index contributed by atoms with van der Waals surface area (Å²) < 4.78 is 5.71. The van der Waals surface area contributed by atoms with Gasteiger partial charge >= 0.3 is 0 Å². The molecule has 5 heteroatoms. The Labute approximate surface area is 101 Å². The Morgan fingerprint density at radius 1 is 1.35 bits per heavy atom. The van der Waals surface area contributed by atoms with Gasteiger partial charge in [-0.15, -0.1) is 0 Å². The van der Waals surface area contributed by atoms with Gasteiger partial charge in [0.1, 0.15) is 6.04 Å². The molecule has 17 heavy (non-hydrogen) atoms. The smallest absolute Gasteiger partial charge is 0.242 e. The highest BCUT2D eigenvalue weighted by Gasteiger charge is 2.30. The molecule has 1 saturated heterocycles. The van der Waals surface area contributed by atoms with Gasteiger partial charge in [-0.25, -0.2) is 0 Å². The van der Waals surface area contributed by atoms with E-state index in [1.807, 2.05) is 0 Å². The molecule has 0 aromatic carbocycles. The van der Waals surface area contributed by atoms with E-state index in [1.165, 1.54) is 12.8 Å². The minimum atomic E-state index is -0.372. The Morgan fingerprint density at radius 2 is 2.06 bits per heavy atom. The van der Waals surface area contributed by atoms with Crippen molar-refractivity contribution in [3.8, 4) is 0 Å². The molecule has 1 saturated carbocycles. The Bertz CT molecular complexity index is 300. The summed E-state index contributed by atoms with van der Waals surface area (Å²) >= 11 is 0. The zero-order valence-corrected chi connectivity index (χ0v) is 10.3. The summed E-state index contributed by atoms with van der Waals surface area (Å²) in [7, 11) is 0. The van der Waals surface area contributed by atoms with E-state index in [2.05, 4.69) is 5.32 Å². The molecule has 0 aromatic rings. The van der Waals surface area contributed by atoms with Crippen molar-refractivity contribution in [2.75, 3.05) is 19.7 Å². The Kier molecular flexibility index (Phi) is 3.99. The highest BCUT2D eigenvalue weighted by atomic mass is 16.5. The predicted octanol–water partition coefficient (Wildman–Crippen LogP) is 0.292. The number of hydrogen-bond acceptors (Lipinski definition) is 3. The van der Waals surface area contributed by atoms with Crippen LogP contribution in [0.2, 0.25) is 0 Å². The van der Waals surface area contributed by atoms with Crippen LogP contribution in [0, 0.1) is 0 Å². The normalized spacial score (nSPS) is 26.4. The quantitative estimate of drug-likeness (QED) is 0.768. The van der Waals surface area contributed by atoms with Crippen molar-refractivity contribution in [3.05, 3.63) is 0 Å². The van der Waals surface area contributed by atoms with E-state index in [9.17, 15) is 9.59 Å². The molecule has 0 aromatic heterocycles. The summed E-state index contributed by atoms with van der Waals surface area (Å²) in [5.41, 5.74) is 0. The third kappa shape index (κ3) is 2.97. The molecule has 1 heterocycles. The van der Waals surface area contributed by atoms with Gasteiger partial charge in [0.2, 0.25) is 11.8 Å². The van der Waals surface area contributed by atoms with Crippen LogP contribution in [0.15, 0.2) is 0 Å². The Hall–Kier alpha value is -1.10. The highest BCUT2D eigenvalue weighted by Crippen LogP contribution is 2.20. The van der Waals surface area contributed by atoms with Crippen LogP contribution in [0.5, 0.6) is 0 Å². The molecule has 1 unspecified atom stereocenters. The summed E-state index contributed by atoms with van der Waals surface area (Å²) in [5.74, 6) is -0.0995. The topological polar surface area (TPSA) is 58.6 Å². The lowest BCUT2D eigenvalue weighted by atomic mass is 10.2. The zero-order chi connectivity index (χ0) is 12.3. The first-order chi connectivity index (χ1) is 8.18. The maximum absolute atomic E-state index is 11.6. The van der Waals surface area contributed by atoms with E-state index >= 15 is 0 Å². The third-order valence-electron chi connectivity index (χ3n) is 3.57. The van der Waals surface area contributed by atoms with Gasteiger partial charge < -0.3 is 15.0 Å². The van der Waals surface area contributed by atoms with Gasteiger partial charge in [-0.05, 0) is 19.8 Å². The van der Waals surface area contributed by atoms with E-state index in [0.717, 1.165) is 12.8 Å². The molecule has 5 nitrogen and oxygen atoms in total. The fourth-order valence-corrected chi connectivity index (χ4v) is 2.46. The maximum Gasteiger partial charge on any atom is 0.242 e. The van der Waals surface area contributed by atoms with Crippen molar-refractivity contribution in [3.63, 3.8) is 0 Å². The molecular formula is C12H20N2O3. The van der Waals surface area contributed by atoms with Crippen LogP contribution in [0.3, 0.4) is 0 Å². The number of carbonyl (C=O) groups excluding carboxylic acids is 2. The van der Waals surface area contributed by atoms with Gasteiger partial charge in [-0.1, -0.05) is 12.8 Å². The minimum absolute atomic E-state index is 0.0212. The predicted molar refractivity (Wildman–Crippen MR) is 62.4 cm³/mol. The molecule has 0 radical (unpaired) electrons. The molecule has 2 aliphatic rings. The van der Waals surface area contributed by atoms with E-state index in [4.69, 9.17) is 4.74 Å². The molecule has 96 valence electrons. The Morgan fingerprint density at radius 3 is 2.76 bits per heavy atom. The summed E-state index contributed by atoms with van der Waals surface area (Å²) in [6, 6.07) is -0.372. The molecule has 0 spiro atoms. The fraction of sp³-hybridized carbons (Fsp3) is 0.833. The first kappa shape index (κ1) is 12.4. The monoisotopic (exact) mass is 240 g/mol. The number of carbonyl (C=O) groups is 2. The lowest BCUT2D eigenvalue weighted by molar-refractivity contribution is -0.145. The number of ether oxygens (including phenoxy) is 1. The maximum atomic E-state index is 11.6. The number of hydrogen-bond donors (Lipinski definition) is 1. The van der Waals surface area contributed by atoms with Gasteiger partial charge in [-0.3, -0.25) is 9.59 Å². The molecular weight excluding hydrogens is 220 g/mol. The van der Waals surface area contributed by atoms with Crippen LogP contribution in [0.25, 0.3) is 0 Å². The molecule has 1 aliphatic heterocycles. The summed E-state index contributed by atoms with van der Waals surface area (Å²) in [6.07, 6.45) is 5.10. The second kappa shape index (κ2) is 5.49. The lowest BCUT2D eigenvalue weighted by Crippen LogP contribution is -2.57. The van der Waals surface area contributed by atoms with Crippen LogP contribution >= 0.6 is 0 Å². The molecule has 1 aliphatic carbocycles. The van der Waals surface area contributed by atoms with Crippen LogP contribution in [0.4, 0.5) is 0 Å². The van der Waals surface area contributed by atoms with Crippen LogP contribution in [-0.2, 0) is 14.3 Å². The van der Waals surface area contributed by atoms with Gasteiger partial charge in [0.15, 0.2) is 0 Å². The average molecular weight is 240 g/mol. The van der Waals surface area contributed by atoms with Crippen LogP contribution < -0.4 is 5.32 Å². The first-order valence-electron chi connectivity index (χ1n) is 6.37. The van der Waals surface area contributed by atoms with Gasteiger partial charge in [0, 0.05) is 6.54 Å². The Balaban J connectivity index is 1.76. The van der Waals surface area contributed by atoms with Crippen molar-refractivity contribution in [1.82, 2.24) is 10.2 Å². The van der Waals surface area contributed by atoms with E-state index in [1.54, 1.807) is 11.8 Å². The van der Waals surface area contributed by atoms with E-state index in [0.29, 0.717) is 19.3 Å². The highest BCUT2D eigenvalue weighted by molar-refractivity contribution is 5.94. The standard InChI is InChI=1S/C12H20N2O3/c1-9-12(16)13-8-11(15)14(9)6-7-17-10-4-2-3-5-10/h9-10H,2-8H2,1H3,(H,13,16). The SMILES string of the molecule is CC1C(=O)NCC(=O)N1CCOC1CCCC1. The lowest BCUT2D eigenvalue weighted by Gasteiger charge is -2.32. The average Bonchev–Trinajstić information content (AvgIpc) is 2.81. The number of nitrogens with zero attached hydrogens (tertiary/aromatic N) is 1. The minimum Gasteiger partial charge on any atom is -0.376 e. The molecule has 2 amide bonds. The largest absolute Gasteiger partial charge is 0.376 e. The molecule has 2 rings (SSSR count). The molecule has 1 atom stereocenters. The first-order valence-corrected chi connectivity index (χ1v) is 6.37. The van der Waals surface area contributed by atoms with Crippen molar-refractivity contribution in [1.29, 1.82) is 0 Å². The van der Waals surface area contributed by atoms with E-state index < -0.39 is 0 Å². The molecule has 0 bridgehead atoms. The fourth-order valence-electron chi connectivity index (χ4n) is 2.46. The van der Waals surface area contributed by atoms with Crippen molar-refractivity contribution in [2.24, 2.45) is 0 Å².